The highest BCUT2D eigenvalue weighted by Crippen LogP contribution is 2.32. The topological polar surface area (TPSA) is 58.2 Å². The van der Waals surface area contributed by atoms with E-state index in [-0.39, 0.29) is 22.2 Å². The molecule has 0 unspecified atom stereocenters. The van der Waals surface area contributed by atoms with Crippen LogP contribution in [0.2, 0.25) is 15.1 Å². The number of anilines is 2. The average Bonchev–Trinajstić information content (AvgIpc) is 2.52. The second kappa shape index (κ2) is 8.56. The van der Waals surface area contributed by atoms with Gasteiger partial charge in [0.2, 0.25) is 5.91 Å². The van der Waals surface area contributed by atoms with Crippen LogP contribution in [0.15, 0.2) is 30.3 Å². The minimum absolute atomic E-state index is 0.165. The van der Waals surface area contributed by atoms with Crippen molar-refractivity contribution in [3.8, 4) is 0 Å². The van der Waals surface area contributed by atoms with E-state index in [4.69, 9.17) is 34.8 Å². The number of rotatable bonds is 5. The molecule has 2 amide bonds. The van der Waals surface area contributed by atoms with Gasteiger partial charge in [-0.05, 0) is 43.2 Å². The summed E-state index contributed by atoms with van der Waals surface area (Å²) in [6.45, 7) is 3.78. The van der Waals surface area contributed by atoms with Crippen LogP contribution in [0, 0.1) is 6.92 Å². The SMILES string of the molecule is CCCC(=O)Nc1c(Cl)cc(Cl)cc1C(=O)Nc1ccc(C)cc1Cl. The van der Waals surface area contributed by atoms with Crippen molar-refractivity contribution in [3.05, 3.63) is 56.5 Å². The number of aryl methyl sites for hydroxylation is 1. The highest BCUT2D eigenvalue weighted by Gasteiger charge is 2.18. The molecule has 4 nitrogen and oxygen atoms in total. The van der Waals surface area contributed by atoms with Gasteiger partial charge >= 0.3 is 0 Å². The Bertz CT molecular complexity index is 822. The minimum Gasteiger partial charge on any atom is -0.324 e. The van der Waals surface area contributed by atoms with E-state index in [1.165, 1.54) is 12.1 Å². The van der Waals surface area contributed by atoms with Gasteiger partial charge in [-0.1, -0.05) is 47.8 Å². The molecular formula is C18H17Cl3N2O2. The maximum Gasteiger partial charge on any atom is 0.257 e. The Hall–Kier alpha value is -1.75. The van der Waals surface area contributed by atoms with Crippen molar-refractivity contribution in [3.63, 3.8) is 0 Å². The van der Waals surface area contributed by atoms with Crippen LogP contribution >= 0.6 is 34.8 Å². The standard InChI is InChI=1S/C18H17Cl3N2O2/c1-3-4-16(24)23-17-12(8-11(19)9-14(17)21)18(25)22-15-6-5-10(2)7-13(15)20/h5-9H,3-4H2,1-2H3,(H,22,25)(H,23,24). The summed E-state index contributed by atoms with van der Waals surface area (Å²) in [5.74, 6) is -0.698. The van der Waals surface area contributed by atoms with Crippen molar-refractivity contribution < 1.29 is 9.59 Å². The van der Waals surface area contributed by atoms with Crippen LogP contribution in [-0.4, -0.2) is 11.8 Å². The van der Waals surface area contributed by atoms with Crippen molar-refractivity contribution >= 4 is 58.0 Å². The van der Waals surface area contributed by atoms with Crippen molar-refractivity contribution in [2.24, 2.45) is 0 Å². The Morgan fingerprint density at radius 2 is 1.72 bits per heavy atom. The first-order valence-electron chi connectivity index (χ1n) is 7.68. The zero-order valence-corrected chi connectivity index (χ0v) is 16.0. The first-order valence-corrected chi connectivity index (χ1v) is 8.81. The molecule has 0 radical (unpaired) electrons. The van der Waals surface area contributed by atoms with Gasteiger partial charge in [0, 0.05) is 11.4 Å². The molecule has 0 fully saturated rings. The highest BCUT2D eigenvalue weighted by molar-refractivity contribution is 6.38. The molecule has 0 heterocycles. The molecule has 0 aliphatic heterocycles. The molecule has 2 aromatic carbocycles. The van der Waals surface area contributed by atoms with Crippen molar-refractivity contribution in [2.45, 2.75) is 26.7 Å². The molecule has 132 valence electrons. The van der Waals surface area contributed by atoms with Crippen LogP contribution in [-0.2, 0) is 4.79 Å². The normalized spacial score (nSPS) is 10.4. The third kappa shape index (κ3) is 5.11. The van der Waals surface area contributed by atoms with E-state index in [1.807, 2.05) is 19.9 Å². The fourth-order valence-corrected chi connectivity index (χ4v) is 3.04. The molecule has 0 bridgehead atoms. The van der Waals surface area contributed by atoms with Crippen LogP contribution in [0.5, 0.6) is 0 Å². The quantitative estimate of drug-likeness (QED) is 0.653. The third-order valence-electron chi connectivity index (χ3n) is 3.41. The molecule has 7 heteroatoms. The Morgan fingerprint density at radius 3 is 2.36 bits per heavy atom. The Morgan fingerprint density at radius 1 is 1.00 bits per heavy atom. The molecule has 0 spiro atoms. The van der Waals surface area contributed by atoms with Gasteiger partial charge in [-0.25, -0.2) is 0 Å². The van der Waals surface area contributed by atoms with Gasteiger partial charge < -0.3 is 10.6 Å². The van der Waals surface area contributed by atoms with Crippen LogP contribution in [0.25, 0.3) is 0 Å². The molecule has 0 aliphatic rings. The molecule has 25 heavy (non-hydrogen) atoms. The van der Waals surface area contributed by atoms with Gasteiger partial charge in [0.05, 0.1) is 27.0 Å². The van der Waals surface area contributed by atoms with E-state index in [9.17, 15) is 9.59 Å². The van der Waals surface area contributed by atoms with Gasteiger partial charge in [0.25, 0.3) is 5.91 Å². The third-order valence-corrected chi connectivity index (χ3v) is 4.24. The average molecular weight is 400 g/mol. The molecule has 2 rings (SSSR count). The van der Waals surface area contributed by atoms with Gasteiger partial charge in [-0.2, -0.15) is 0 Å². The summed E-state index contributed by atoms with van der Waals surface area (Å²) in [6.07, 6.45) is 1.00. The minimum atomic E-state index is -0.470. The van der Waals surface area contributed by atoms with E-state index >= 15 is 0 Å². The Balaban J connectivity index is 2.35. The number of hydrogen-bond acceptors (Lipinski definition) is 2. The molecule has 0 saturated carbocycles. The fraction of sp³-hybridized carbons (Fsp3) is 0.222. The number of carbonyl (C=O) groups is 2. The molecule has 0 saturated heterocycles. The molecular weight excluding hydrogens is 383 g/mol. The van der Waals surface area contributed by atoms with Crippen LogP contribution in [0.4, 0.5) is 11.4 Å². The Kier molecular flexibility index (Phi) is 6.71. The summed E-state index contributed by atoms with van der Waals surface area (Å²) in [6, 6.07) is 8.20. The highest BCUT2D eigenvalue weighted by atomic mass is 35.5. The van der Waals surface area contributed by atoms with Gasteiger partial charge in [0.15, 0.2) is 0 Å². The molecule has 2 N–H and O–H groups in total. The van der Waals surface area contributed by atoms with E-state index in [0.717, 1.165) is 5.56 Å². The summed E-state index contributed by atoms with van der Waals surface area (Å²) in [5.41, 5.74) is 1.82. The number of amides is 2. The Labute approximate surface area is 161 Å². The van der Waals surface area contributed by atoms with Crippen molar-refractivity contribution in [1.82, 2.24) is 0 Å². The summed E-state index contributed by atoms with van der Waals surface area (Å²) in [7, 11) is 0. The second-order valence-electron chi connectivity index (χ2n) is 5.55. The molecule has 0 atom stereocenters. The number of halogens is 3. The number of benzene rings is 2. The maximum absolute atomic E-state index is 12.7. The lowest BCUT2D eigenvalue weighted by atomic mass is 10.1. The van der Waals surface area contributed by atoms with E-state index < -0.39 is 5.91 Å². The number of nitrogens with one attached hydrogen (secondary N) is 2. The van der Waals surface area contributed by atoms with Crippen molar-refractivity contribution in [2.75, 3.05) is 10.6 Å². The summed E-state index contributed by atoms with van der Waals surface area (Å²) >= 11 is 18.3. The maximum atomic E-state index is 12.7. The van der Waals surface area contributed by atoms with Gasteiger partial charge in [0.1, 0.15) is 0 Å². The first-order chi connectivity index (χ1) is 11.8. The largest absolute Gasteiger partial charge is 0.324 e. The second-order valence-corrected chi connectivity index (χ2v) is 6.80. The lowest BCUT2D eigenvalue weighted by molar-refractivity contribution is -0.116. The zero-order valence-electron chi connectivity index (χ0n) is 13.8. The zero-order chi connectivity index (χ0) is 18.6. The molecule has 0 aliphatic carbocycles. The smallest absolute Gasteiger partial charge is 0.257 e. The number of hydrogen-bond donors (Lipinski definition) is 2. The van der Waals surface area contributed by atoms with Crippen LogP contribution in [0.3, 0.4) is 0 Å². The van der Waals surface area contributed by atoms with E-state index in [1.54, 1.807) is 12.1 Å². The summed E-state index contributed by atoms with van der Waals surface area (Å²) in [5, 5.41) is 6.29. The van der Waals surface area contributed by atoms with Gasteiger partial charge in [-0.3, -0.25) is 9.59 Å². The van der Waals surface area contributed by atoms with E-state index in [0.29, 0.717) is 28.6 Å². The first kappa shape index (κ1) is 19.6. The lowest BCUT2D eigenvalue weighted by Crippen LogP contribution is -2.18. The summed E-state index contributed by atoms with van der Waals surface area (Å²) < 4.78 is 0. The predicted octanol–water partition coefficient (Wildman–Crippen LogP) is 5.95. The molecule has 2 aromatic rings. The predicted molar refractivity (Wildman–Crippen MR) is 104 cm³/mol. The summed E-state index contributed by atoms with van der Waals surface area (Å²) in [4.78, 5) is 24.6. The monoisotopic (exact) mass is 398 g/mol. The van der Waals surface area contributed by atoms with Crippen LogP contribution < -0.4 is 10.6 Å². The van der Waals surface area contributed by atoms with E-state index in [2.05, 4.69) is 10.6 Å². The fourth-order valence-electron chi connectivity index (χ4n) is 2.22. The lowest BCUT2D eigenvalue weighted by Gasteiger charge is -2.14. The molecule has 0 aromatic heterocycles. The van der Waals surface area contributed by atoms with Gasteiger partial charge in [-0.15, -0.1) is 0 Å². The number of carbonyl (C=O) groups excluding carboxylic acids is 2. The van der Waals surface area contributed by atoms with Crippen molar-refractivity contribution in [1.29, 1.82) is 0 Å². The van der Waals surface area contributed by atoms with Crippen LogP contribution in [0.1, 0.15) is 35.7 Å².